The van der Waals surface area contributed by atoms with Gasteiger partial charge in [-0.25, -0.2) is 0 Å². The van der Waals surface area contributed by atoms with Crippen molar-refractivity contribution in [3.8, 4) is 33.4 Å². The first-order chi connectivity index (χ1) is 26.3. The summed E-state index contributed by atoms with van der Waals surface area (Å²) in [6.07, 6.45) is 0. The maximum Gasteiger partial charge on any atom is 0.0546 e. The minimum absolute atomic E-state index is 1.10. The molecule has 248 valence electrons. The Morgan fingerprint density at radius 3 is 1.51 bits per heavy atom. The molecule has 0 aliphatic carbocycles. The number of fused-ring (bicyclic) bond motifs is 5. The fourth-order valence-corrected chi connectivity index (χ4v) is 8.13. The Balaban J connectivity index is 1.25. The molecule has 1 nitrogen and oxygen atoms in total. The van der Waals surface area contributed by atoms with Crippen molar-refractivity contribution >= 4 is 60.2 Å². The molecule has 0 unspecified atom stereocenters. The van der Waals surface area contributed by atoms with E-state index in [9.17, 15) is 0 Å². The van der Waals surface area contributed by atoms with Crippen LogP contribution in [0.5, 0.6) is 0 Å². The molecule has 0 heterocycles. The van der Waals surface area contributed by atoms with E-state index in [1.165, 1.54) is 76.5 Å². The molecule has 53 heavy (non-hydrogen) atoms. The van der Waals surface area contributed by atoms with Crippen LogP contribution in [0.1, 0.15) is 0 Å². The number of anilines is 3. The molecule has 0 saturated carbocycles. The molecule has 1 heteroatoms. The minimum atomic E-state index is 1.10. The average molecular weight is 674 g/mol. The van der Waals surface area contributed by atoms with Gasteiger partial charge in [-0.3, -0.25) is 0 Å². The molecule has 0 bridgehead atoms. The Morgan fingerprint density at radius 2 is 0.774 bits per heavy atom. The fraction of sp³-hybridized carbons (Fsp3) is 0. The monoisotopic (exact) mass is 673 g/mol. The molecule has 10 aromatic rings. The van der Waals surface area contributed by atoms with Crippen molar-refractivity contribution in [2.45, 2.75) is 0 Å². The predicted molar refractivity (Wildman–Crippen MR) is 227 cm³/mol. The average Bonchev–Trinajstić information content (AvgIpc) is 3.24. The number of benzene rings is 10. The zero-order chi connectivity index (χ0) is 35.1. The van der Waals surface area contributed by atoms with Crippen molar-refractivity contribution in [1.82, 2.24) is 0 Å². The normalized spacial score (nSPS) is 11.4. The van der Waals surface area contributed by atoms with Crippen molar-refractivity contribution in [3.05, 3.63) is 212 Å². The highest BCUT2D eigenvalue weighted by Gasteiger charge is 2.22. The van der Waals surface area contributed by atoms with Crippen molar-refractivity contribution < 1.29 is 0 Å². The summed E-state index contributed by atoms with van der Waals surface area (Å²) in [5.74, 6) is 0. The molecule has 0 amide bonds. The van der Waals surface area contributed by atoms with Crippen LogP contribution in [0.15, 0.2) is 212 Å². The van der Waals surface area contributed by atoms with Gasteiger partial charge in [0.15, 0.2) is 0 Å². The molecule has 0 N–H and O–H groups in total. The van der Waals surface area contributed by atoms with Crippen LogP contribution in [0.25, 0.3) is 76.5 Å². The lowest BCUT2D eigenvalue weighted by atomic mass is 9.88. The van der Waals surface area contributed by atoms with Crippen LogP contribution in [0.3, 0.4) is 0 Å². The highest BCUT2D eigenvalue weighted by Crippen LogP contribution is 2.47. The lowest BCUT2D eigenvalue weighted by Gasteiger charge is -2.29. The lowest BCUT2D eigenvalue weighted by molar-refractivity contribution is 1.30. The molecular weight excluding hydrogens is 639 g/mol. The van der Waals surface area contributed by atoms with Gasteiger partial charge in [-0.05, 0) is 101 Å². The van der Waals surface area contributed by atoms with Gasteiger partial charge in [-0.2, -0.15) is 0 Å². The van der Waals surface area contributed by atoms with Crippen molar-refractivity contribution in [1.29, 1.82) is 0 Å². The van der Waals surface area contributed by atoms with Crippen LogP contribution in [0, 0.1) is 0 Å². The SMILES string of the molecule is c1ccc(-c2cc(N(c3ccc(-c4cccc5ccccc45)cc3)c3ccc4ccc5ccccc5c4c3)c3ccccc3c2-c2ccccc2)cc1. The fourth-order valence-electron chi connectivity index (χ4n) is 8.13. The van der Waals surface area contributed by atoms with Gasteiger partial charge < -0.3 is 4.90 Å². The lowest BCUT2D eigenvalue weighted by Crippen LogP contribution is -2.11. The van der Waals surface area contributed by atoms with E-state index in [4.69, 9.17) is 0 Å². The van der Waals surface area contributed by atoms with E-state index < -0.39 is 0 Å². The first kappa shape index (κ1) is 30.8. The van der Waals surface area contributed by atoms with E-state index in [-0.39, 0.29) is 0 Å². The predicted octanol–water partition coefficient (Wildman–Crippen LogP) is 14.8. The second-order valence-corrected chi connectivity index (χ2v) is 13.7. The minimum Gasteiger partial charge on any atom is -0.310 e. The third-order valence-electron chi connectivity index (χ3n) is 10.6. The van der Waals surface area contributed by atoms with Gasteiger partial charge in [-0.1, -0.05) is 182 Å². The maximum atomic E-state index is 2.46. The molecule has 10 rings (SSSR count). The number of rotatable bonds is 6. The topological polar surface area (TPSA) is 3.24 Å². The first-order valence-corrected chi connectivity index (χ1v) is 18.3. The van der Waals surface area contributed by atoms with E-state index >= 15 is 0 Å². The van der Waals surface area contributed by atoms with Gasteiger partial charge in [0.25, 0.3) is 0 Å². The molecule has 0 spiro atoms. The molecule has 0 aromatic heterocycles. The zero-order valence-corrected chi connectivity index (χ0v) is 29.2. The summed E-state index contributed by atoms with van der Waals surface area (Å²) in [4.78, 5) is 2.46. The van der Waals surface area contributed by atoms with E-state index in [0.29, 0.717) is 0 Å². The van der Waals surface area contributed by atoms with E-state index in [1.54, 1.807) is 0 Å². The molecule has 10 aromatic carbocycles. The molecule has 0 atom stereocenters. The van der Waals surface area contributed by atoms with E-state index in [1.807, 2.05) is 0 Å². The van der Waals surface area contributed by atoms with Gasteiger partial charge in [0.05, 0.1) is 5.69 Å². The molecule has 0 saturated heterocycles. The summed E-state index contributed by atoms with van der Waals surface area (Å²) in [6.45, 7) is 0. The number of hydrogen-bond acceptors (Lipinski definition) is 1. The van der Waals surface area contributed by atoms with Gasteiger partial charge in [0, 0.05) is 16.8 Å². The molecule has 0 radical (unpaired) electrons. The molecule has 0 aliphatic rings. The third kappa shape index (κ3) is 5.42. The Morgan fingerprint density at radius 1 is 0.264 bits per heavy atom. The highest BCUT2D eigenvalue weighted by atomic mass is 15.1. The third-order valence-corrected chi connectivity index (χ3v) is 10.6. The van der Waals surface area contributed by atoms with Crippen molar-refractivity contribution in [2.24, 2.45) is 0 Å². The van der Waals surface area contributed by atoms with Gasteiger partial charge in [0.2, 0.25) is 0 Å². The van der Waals surface area contributed by atoms with Gasteiger partial charge >= 0.3 is 0 Å². The molecule has 0 fully saturated rings. The summed E-state index contributed by atoms with van der Waals surface area (Å²) in [7, 11) is 0. The largest absolute Gasteiger partial charge is 0.310 e. The zero-order valence-electron chi connectivity index (χ0n) is 29.2. The maximum absolute atomic E-state index is 2.46. The van der Waals surface area contributed by atoms with Crippen molar-refractivity contribution in [3.63, 3.8) is 0 Å². The van der Waals surface area contributed by atoms with Crippen molar-refractivity contribution in [2.75, 3.05) is 4.90 Å². The summed E-state index contributed by atoms with van der Waals surface area (Å²) in [5.41, 5.74) is 10.6. The Kier molecular flexibility index (Phi) is 7.55. The second-order valence-electron chi connectivity index (χ2n) is 13.7. The van der Waals surface area contributed by atoms with E-state index in [0.717, 1.165) is 17.1 Å². The van der Waals surface area contributed by atoms with Crippen LogP contribution >= 0.6 is 0 Å². The number of nitrogens with zero attached hydrogens (tertiary/aromatic N) is 1. The van der Waals surface area contributed by atoms with Gasteiger partial charge in [-0.15, -0.1) is 0 Å². The van der Waals surface area contributed by atoms with Crippen LogP contribution in [-0.4, -0.2) is 0 Å². The quantitative estimate of drug-likeness (QED) is 0.159. The molecular formula is C52H35N. The summed E-state index contributed by atoms with van der Waals surface area (Å²) < 4.78 is 0. The standard InChI is InChI=1S/C52H35N/c1-3-14-37(15-4-1)50-35-51(47-23-11-12-24-48(47)52(50)41-18-5-2-6-19-41)53(43-33-30-40-27-26-38-17-8-10-22-46(38)49(40)34-43)42-31-28-39(29-32-42)45-25-13-20-36-16-7-9-21-44(36)45/h1-35H. The van der Waals surface area contributed by atoms with Crippen LogP contribution in [-0.2, 0) is 0 Å². The van der Waals surface area contributed by atoms with Crippen LogP contribution in [0.2, 0.25) is 0 Å². The van der Waals surface area contributed by atoms with Gasteiger partial charge in [0.1, 0.15) is 0 Å². The smallest absolute Gasteiger partial charge is 0.0546 e. The first-order valence-electron chi connectivity index (χ1n) is 18.3. The Hall–Kier alpha value is -6.96. The Labute approximate surface area is 309 Å². The van der Waals surface area contributed by atoms with Crippen LogP contribution in [0.4, 0.5) is 17.1 Å². The summed E-state index contributed by atoms with van der Waals surface area (Å²) in [5, 5.41) is 9.90. The van der Waals surface area contributed by atoms with Crippen LogP contribution < -0.4 is 4.90 Å². The van der Waals surface area contributed by atoms with E-state index in [2.05, 4.69) is 217 Å². The molecule has 0 aliphatic heterocycles. The summed E-state index contributed by atoms with van der Waals surface area (Å²) >= 11 is 0. The highest BCUT2D eigenvalue weighted by molar-refractivity contribution is 6.13. The Bertz CT molecular complexity index is 2920. The second kappa shape index (κ2) is 13.0. The summed E-state index contributed by atoms with van der Waals surface area (Å²) in [6, 6.07) is 77.4. The number of hydrogen-bond donors (Lipinski definition) is 0.